The molecule has 1 heterocycles. The molecular weight excluding hydrogens is 414 g/mol. The Morgan fingerprint density at radius 3 is 2.33 bits per heavy atom. The van der Waals surface area contributed by atoms with Crippen LogP contribution in [0.25, 0.3) is 0 Å². The van der Waals surface area contributed by atoms with E-state index in [1.54, 1.807) is 30.1 Å². The maximum absolute atomic E-state index is 12.8. The van der Waals surface area contributed by atoms with E-state index in [-0.39, 0.29) is 11.9 Å². The van der Waals surface area contributed by atoms with Crippen molar-refractivity contribution in [3.8, 4) is 0 Å². The minimum absolute atomic E-state index is 0.0816. The highest BCUT2D eigenvalue weighted by Crippen LogP contribution is 2.26. The number of fused-ring (bicyclic) bond motifs is 1. The Morgan fingerprint density at radius 2 is 1.61 bits per heavy atom. The molecule has 0 saturated carbocycles. The van der Waals surface area contributed by atoms with Crippen LogP contribution in [0, 0.1) is 0 Å². The van der Waals surface area contributed by atoms with Gasteiger partial charge in [-0.2, -0.15) is 0 Å². The quantitative estimate of drug-likeness (QED) is 0.572. The minimum Gasteiger partial charge on any atom is -0.341 e. The van der Waals surface area contributed by atoms with E-state index in [1.165, 1.54) is 5.56 Å². The first-order valence-electron chi connectivity index (χ1n) is 11.1. The van der Waals surface area contributed by atoms with Gasteiger partial charge < -0.3 is 15.5 Å². The number of anilines is 1. The van der Waals surface area contributed by atoms with Crippen LogP contribution >= 0.6 is 0 Å². The molecule has 1 atom stereocenters. The molecule has 0 spiro atoms. The van der Waals surface area contributed by atoms with Crippen molar-refractivity contribution in [2.24, 2.45) is 0 Å². The molecule has 2 N–H and O–H groups in total. The lowest BCUT2D eigenvalue weighted by Gasteiger charge is -2.26. The highest BCUT2D eigenvalue weighted by molar-refractivity contribution is 6.39. The Kier molecular flexibility index (Phi) is 6.83. The zero-order valence-electron chi connectivity index (χ0n) is 18.6. The van der Waals surface area contributed by atoms with Crippen LogP contribution in [0.2, 0.25) is 0 Å². The van der Waals surface area contributed by atoms with Gasteiger partial charge in [0.2, 0.25) is 0 Å². The third kappa shape index (κ3) is 5.29. The molecule has 4 rings (SSSR count). The highest BCUT2D eigenvalue weighted by atomic mass is 16.2. The summed E-state index contributed by atoms with van der Waals surface area (Å²) in [6.07, 6.45) is 2.05. The second-order valence-electron chi connectivity index (χ2n) is 8.22. The lowest BCUT2D eigenvalue weighted by Crippen LogP contribution is -2.39. The van der Waals surface area contributed by atoms with Gasteiger partial charge in [-0.15, -0.1) is 0 Å². The lowest BCUT2D eigenvalue weighted by atomic mass is 9.97. The number of nitrogens with one attached hydrogen (secondary N) is 2. The van der Waals surface area contributed by atoms with E-state index in [4.69, 9.17) is 0 Å². The van der Waals surface area contributed by atoms with E-state index < -0.39 is 11.8 Å². The van der Waals surface area contributed by atoms with E-state index >= 15 is 0 Å². The highest BCUT2D eigenvalue weighted by Gasteiger charge is 2.26. The van der Waals surface area contributed by atoms with Gasteiger partial charge in [-0.25, -0.2) is 0 Å². The number of aryl methyl sites for hydroxylation is 1. The molecule has 0 fully saturated rings. The maximum atomic E-state index is 12.8. The molecule has 1 unspecified atom stereocenters. The molecule has 0 aliphatic carbocycles. The van der Waals surface area contributed by atoms with E-state index in [9.17, 15) is 14.4 Å². The zero-order valence-corrected chi connectivity index (χ0v) is 18.6. The predicted molar refractivity (Wildman–Crippen MR) is 128 cm³/mol. The fourth-order valence-corrected chi connectivity index (χ4v) is 4.13. The van der Waals surface area contributed by atoms with Crippen LogP contribution in [0.1, 0.15) is 39.5 Å². The van der Waals surface area contributed by atoms with Gasteiger partial charge in [-0.05, 0) is 48.1 Å². The fourth-order valence-electron chi connectivity index (χ4n) is 4.13. The molecule has 1 aliphatic heterocycles. The first-order chi connectivity index (χ1) is 16.0. The SMILES string of the molecule is CN1CCc2c(NC(=O)C(=O)NC(CCc3ccccc3)c3ccccc3)cccc2C1=O. The standard InChI is InChI=1S/C27H27N3O3/c1-30-18-17-21-22(27(30)33)13-8-14-24(21)29-26(32)25(31)28-23(20-11-6-3-7-12-20)16-15-19-9-4-2-5-10-19/h2-14,23H,15-18H2,1H3,(H,28,31)(H,29,32). The molecule has 3 aromatic carbocycles. The van der Waals surface area contributed by atoms with Crippen LogP contribution in [0.5, 0.6) is 0 Å². The molecule has 33 heavy (non-hydrogen) atoms. The summed E-state index contributed by atoms with van der Waals surface area (Å²) in [4.78, 5) is 39.7. The van der Waals surface area contributed by atoms with Gasteiger partial charge in [-0.1, -0.05) is 66.7 Å². The van der Waals surface area contributed by atoms with Crippen molar-refractivity contribution >= 4 is 23.4 Å². The van der Waals surface area contributed by atoms with Gasteiger partial charge >= 0.3 is 11.8 Å². The van der Waals surface area contributed by atoms with Gasteiger partial charge in [0, 0.05) is 24.8 Å². The van der Waals surface area contributed by atoms with Crippen LogP contribution < -0.4 is 10.6 Å². The summed E-state index contributed by atoms with van der Waals surface area (Å²) in [5, 5.41) is 5.61. The van der Waals surface area contributed by atoms with E-state index in [2.05, 4.69) is 10.6 Å². The molecule has 6 heteroatoms. The topological polar surface area (TPSA) is 78.5 Å². The number of carbonyl (C=O) groups is 3. The van der Waals surface area contributed by atoms with Crippen molar-refractivity contribution in [3.63, 3.8) is 0 Å². The molecule has 3 amide bonds. The van der Waals surface area contributed by atoms with Gasteiger partial charge in [0.15, 0.2) is 0 Å². The molecule has 0 saturated heterocycles. The van der Waals surface area contributed by atoms with Crippen molar-refractivity contribution < 1.29 is 14.4 Å². The molecule has 1 aliphatic rings. The normalized spacial score (nSPS) is 13.7. The Hall–Kier alpha value is -3.93. The van der Waals surface area contributed by atoms with E-state index in [1.807, 2.05) is 60.7 Å². The molecule has 0 bridgehead atoms. The predicted octanol–water partition coefficient (Wildman–Crippen LogP) is 3.74. The monoisotopic (exact) mass is 441 g/mol. The molecular formula is C27H27N3O3. The summed E-state index contributed by atoms with van der Waals surface area (Å²) in [6, 6.07) is 24.6. The average Bonchev–Trinajstić information content (AvgIpc) is 2.85. The van der Waals surface area contributed by atoms with Crippen molar-refractivity contribution in [2.45, 2.75) is 25.3 Å². The summed E-state index contributed by atoms with van der Waals surface area (Å²) >= 11 is 0. The largest absolute Gasteiger partial charge is 0.341 e. The van der Waals surface area contributed by atoms with Crippen molar-refractivity contribution in [1.29, 1.82) is 0 Å². The maximum Gasteiger partial charge on any atom is 0.313 e. The lowest BCUT2D eigenvalue weighted by molar-refractivity contribution is -0.136. The Labute approximate surface area is 193 Å². The Bertz CT molecular complexity index is 1150. The first-order valence-corrected chi connectivity index (χ1v) is 11.1. The summed E-state index contributed by atoms with van der Waals surface area (Å²) in [5.74, 6) is -1.52. The van der Waals surface area contributed by atoms with Gasteiger partial charge in [0.1, 0.15) is 0 Å². The fraction of sp³-hybridized carbons (Fsp3) is 0.222. The van der Waals surface area contributed by atoms with Crippen LogP contribution in [0.3, 0.4) is 0 Å². The minimum atomic E-state index is -0.740. The van der Waals surface area contributed by atoms with Crippen molar-refractivity contribution in [3.05, 3.63) is 101 Å². The van der Waals surface area contributed by atoms with Gasteiger partial charge in [-0.3, -0.25) is 14.4 Å². The van der Waals surface area contributed by atoms with E-state index in [0.29, 0.717) is 30.6 Å². The van der Waals surface area contributed by atoms with Crippen molar-refractivity contribution in [1.82, 2.24) is 10.2 Å². The Balaban J connectivity index is 1.47. The second kappa shape index (κ2) is 10.1. The number of hydrogen-bond acceptors (Lipinski definition) is 3. The molecule has 168 valence electrons. The van der Waals surface area contributed by atoms with Crippen LogP contribution in [0.15, 0.2) is 78.9 Å². The number of likely N-dealkylation sites (N-methyl/N-ethyl adjacent to an activating group) is 1. The number of benzene rings is 3. The summed E-state index contributed by atoms with van der Waals surface area (Å²) in [6.45, 7) is 0.570. The third-order valence-electron chi connectivity index (χ3n) is 5.98. The van der Waals surface area contributed by atoms with Crippen LogP contribution in [-0.2, 0) is 22.4 Å². The Morgan fingerprint density at radius 1 is 0.909 bits per heavy atom. The summed E-state index contributed by atoms with van der Waals surface area (Å²) in [7, 11) is 1.75. The van der Waals surface area contributed by atoms with Gasteiger partial charge in [0.25, 0.3) is 5.91 Å². The van der Waals surface area contributed by atoms with E-state index in [0.717, 1.165) is 17.5 Å². The molecule has 0 radical (unpaired) electrons. The second-order valence-corrected chi connectivity index (χ2v) is 8.22. The molecule has 3 aromatic rings. The van der Waals surface area contributed by atoms with Gasteiger partial charge in [0.05, 0.1) is 6.04 Å². The average molecular weight is 442 g/mol. The number of carbonyl (C=O) groups excluding carboxylic acids is 3. The smallest absolute Gasteiger partial charge is 0.313 e. The number of hydrogen-bond donors (Lipinski definition) is 2. The first kappa shape index (κ1) is 22.3. The summed E-state index contributed by atoms with van der Waals surface area (Å²) < 4.78 is 0. The number of nitrogens with zero attached hydrogens (tertiary/aromatic N) is 1. The molecule has 6 nitrogen and oxygen atoms in total. The number of amides is 3. The third-order valence-corrected chi connectivity index (χ3v) is 5.98. The molecule has 0 aromatic heterocycles. The summed E-state index contributed by atoms with van der Waals surface area (Å²) in [5.41, 5.74) is 3.95. The zero-order chi connectivity index (χ0) is 23.2. The van der Waals surface area contributed by atoms with Crippen molar-refractivity contribution in [2.75, 3.05) is 18.9 Å². The van der Waals surface area contributed by atoms with Crippen LogP contribution in [-0.4, -0.2) is 36.2 Å². The van der Waals surface area contributed by atoms with Crippen LogP contribution in [0.4, 0.5) is 5.69 Å². The number of rotatable bonds is 6.